The van der Waals surface area contributed by atoms with Crippen LogP contribution >= 0.6 is 0 Å². The zero-order valence-electron chi connectivity index (χ0n) is 24.7. The van der Waals surface area contributed by atoms with Crippen molar-refractivity contribution in [3.05, 3.63) is 30.1 Å². The van der Waals surface area contributed by atoms with Crippen LogP contribution in [0.4, 0.5) is 0 Å². The number of carbonyl (C=O) groups excluding carboxylic acids is 1. The highest BCUT2D eigenvalue weighted by Gasteiger charge is 2.20. The molecule has 1 aliphatic carbocycles. The normalized spacial score (nSPS) is 14.3. The highest BCUT2D eigenvalue weighted by atomic mass is 16.1. The number of para-hydroxylation sites is 2. The summed E-state index contributed by atoms with van der Waals surface area (Å²) in [6, 6.07) is 8.49. The van der Waals surface area contributed by atoms with Gasteiger partial charge in [0.15, 0.2) is 0 Å². The highest BCUT2D eigenvalue weighted by molar-refractivity contribution is 5.78. The minimum absolute atomic E-state index is 0.229. The number of aryl methyl sites for hydroxylation is 1. The van der Waals surface area contributed by atoms with E-state index in [-0.39, 0.29) is 11.8 Å². The molecule has 0 atom stereocenters. The van der Waals surface area contributed by atoms with E-state index in [0.29, 0.717) is 6.54 Å². The Bertz CT molecular complexity index is 883. The molecule has 38 heavy (non-hydrogen) atoms. The van der Waals surface area contributed by atoms with E-state index in [1.165, 1.54) is 128 Å². The second-order valence-electron chi connectivity index (χ2n) is 11.8. The molecule has 214 valence electrons. The Morgan fingerprint density at radius 3 is 1.95 bits per heavy atom. The Balaban J connectivity index is 1.25. The van der Waals surface area contributed by atoms with Crippen molar-refractivity contribution in [1.29, 1.82) is 0 Å². The average Bonchev–Trinajstić information content (AvgIpc) is 3.30. The lowest BCUT2D eigenvalue weighted by Crippen LogP contribution is -2.33. The molecule has 1 amide bonds. The zero-order valence-corrected chi connectivity index (χ0v) is 24.7. The zero-order chi connectivity index (χ0) is 26.7. The number of imidazole rings is 1. The van der Waals surface area contributed by atoms with E-state index in [0.717, 1.165) is 37.1 Å². The third-order valence-electron chi connectivity index (χ3n) is 8.59. The van der Waals surface area contributed by atoms with Gasteiger partial charge in [0.2, 0.25) is 5.91 Å². The Labute approximate surface area is 233 Å². The fourth-order valence-electron chi connectivity index (χ4n) is 6.19. The second kappa shape index (κ2) is 19.3. The number of rotatable bonds is 21. The number of nitrogens with one attached hydrogen (secondary N) is 1. The molecule has 0 unspecified atom stereocenters. The average molecular weight is 524 g/mol. The monoisotopic (exact) mass is 523 g/mol. The first kappa shape index (κ1) is 30.7. The minimum Gasteiger partial charge on any atom is -0.355 e. The standard InChI is InChI=1S/C34H57N3O/c1-2-3-4-5-6-7-8-9-10-11-12-13-14-15-16-22-29-37-32-26-21-20-25-31(32)36-33(37)27-28-35-34(38)30-23-18-17-19-24-30/h20-21,25-26,30H,2-19,22-24,27-29H2,1H3,(H,35,38). The van der Waals surface area contributed by atoms with Crippen LogP contribution in [-0.4, -0.2) is 22.0 Å². The molecule has 0 saturated heterocycles. The first-order valence-electron chi connectivity index (χ1n) is 16.5. The van der Waals surface area contributed by atoms with Crippen molar-refractivity contribution in [1.82, 2.24) is 14.9 Å². The lowest BCUT2D eigenvalue weighted by Gasteiger charge is -2.20. The van der Waals surface area contributed by atoms with Crippen LogP contribution in [0, 0.1) is 5.92 Å². The summed E-state index contributed by atoms with van der Waals surface area (Å²) in [5.41, 5.74) is 2.32. The molecule has 1 N–H and O–H groups in total. The summed E-state index contributed by atoms with van der Waals surface area (Å²) in [5, 5.41) is 3.20. The lowest BCUT2D eigenvalue weighted by molar-refractivity contribution is -0.125. The summed E-state index contributed by atoms with van der Waals surface area (Å²) in [6.07, 6.45) is 29.0. The molecule has 4 nitrogen and oxygen atoms in total. The van der Waals surface area contributed by atoms with Crippen LogP contribution in [0.25, 0.3) is 11.0 Å². The molecule has 0 aliphatic heterocycles. The first-order chi connectivity index (χ1) is 18.8. The molecule has 1 aliphatic rings. The minimum atomic E-state index is 0.229. The van der Waals surface area contributed by atoms with Crippen LogP contribution < -0.4 is 5.32 Å². The number of hydrogen-bond donors (Lipinski definition) is 1. The van der Waals surface area contributed by atoms with Crippen LogP contribution in [0.5, 0.6) is 0 Å². The molecule has 1 aromatic carbocycles. The second-order valence-corrected chi connectivity index (χ2v) is 11.8. The first-order valence-corrected chi connectivity index (χ1v) is 16.5. The number of carbonyl (C=O) groups is 1. The summed E-state index contributed by atoms with van der Waals surface area (Å²) in [7, 11) is 0. The van der Waals surface area contributed by atoms with Gasteiger partial charge < -0.3 is 9.88 Å². The van der Waals surface area contributed by atoms with Crippen LogP contribution in [0.2, 0.25) is 0 Å². The smallest absolute Gasteiger partial charge is 0.223 e. The van der Waals surface area contributed by atoms with Gasteiger partial charge in [-0.05, 0) is 31.4 Å². The Morgan fingerprint density at radius 1 is 0.789 bits per heavy atom. The predicted octanol–water partition coefficient (Wildman–Crippen LogP) is 9.54. The van der Waals surface area contributed by atoms with E-state index >= 15 is 0 Å². The van der Waals surface area contributed by atoms with Crippen molar-refractivity contribution in [2.75, 3.05) is 6.54 Å². The van der Waals surface area contributed by atoms with Gasteiger partial charge in [-0.15, -0.1) is 0 Å². The maximum absolute atomic E-state index is 12.5. The van der Waals surface area contributed by atoms with Crippen LogP contribution in [0.3, 0.4) is 0 Å². The molecular formula is C34H57N3O. The molecule has 4 heteroatoms. The topological polar surface area (TPSA) is 46.9 Å². The third kappa shape index (κ3) is 11.5. The molecule has 1 fully saturated rings. The number of hydrogen-bond acceptors (Lipinski definition) is 2. The molecule has 0 radical (unpaired) electrons. The maximum Gasteiger partial charge on any atom is 0.223 e. The van der Waals surface area contributed by atoms with Crippen molar-refractivity contribution in [3.63, 3.8) is 0 Å². The lowest BCUT2D eigenvalue weighted by atomic mass is 9.89. The molecule has 0 spiro atoms. The predicted molar refractivity (Wildman–Crippen MR) is 163 cm³/mol. The van der Waals surface area contributed by atoms with E-state index in [1.54, 1.807) is 0 Å². The van der Waals surface area contributed by atoms with E-state index in [4.69, 9.17) is 4.98 Å². The fourth-order valence-corrected chi connectivity index (χ4v) is 6.19. The molecule has 0 bridgehead atoms. The Morgan fingerprint density at radius 2 is 1.34 bits per heavy atom. The molecule has 1 saturated carbocycles. The molecule has 2 aromatic rings. The number of fused-ring (bicyclic) bond motifs is 1. The van der Waals surface area contributed by atoms with E-state index < -0.39 is 0 Å². The number of nitrogens with zero attached hydrogens (tertiary/aromatic N) is 2. The third-order valence-corrected chi connectivity index (χ3v) is 8.59. The number of benzene rings is 1. The van der Waals surface area contributed by atoms with Gasteiger partial charge in [0.25, 0.3) is 0 Å². The van der Waals surface area contributed by atoms with Gasteiger partial charge in [-0.25, -0.2) is 4.98 Å². The SMILES string of the molecule is CCCCCCCCCCCCCCCCCCn1c(CCNC(=O)C2CCCCC2)nc2ccccc21. The molecular weight excluding hydrogens is 466 g/mol. The van der Waals surface area contributed by atoms with Crippen molar-refractivity contribution in [3.8, 4) is 0 Å². The van der Waals surface area contributed by atoms with Crippen LogP contribution in [0.15, 0.2) is 24.3 Å². The van der Waals surface area contributed by atoms with Gasteiger partial charge in [-0.3, -0.25) is 4.79 Å². The van der Waals surface area contributed by atoms with Crippen LogP contribution in [0.1, 0.15) is 148 Å². The van der Waals surface area contributed by atoms with Crippen molar-refractivity contribution < 1.29 is 4.79 Å². The van der Waals surface area contributed by atoms with Gasteiger partial charge in [0.1, 0.15) is 5.82 Å². The van der Waals surface area contributed by atoms with Crippen molar-refractivity contribution in [2.45, 2.75) is 155 Å². The number of aromatic nitrogens is 2. The summed E-state index contributed by atoms with van der Waals surface area (Å²) < 4.78 is 2.41. The quantitative estimate of drug-likeness (QED) is 0.166. The van der Waals surface area contributed by atoms with E-state index in [1.807, 2.05) is 0 Å². The largest absolute Gasteiger partial charge is 0.355 e. The van der Waals surface area contributed by atoms with Crippen molar-refractivity contribution >= 4 is 16.9 Å². The highest BCUT2D eigenvalue weighted by Crippen LogP contribution is 2.24. The maximum atomic E-state index is 12.5. The summed E-state index contributed by atoms with van der Waals surface area (Å²) in [4.78, 5) is 17.5. The van der Waals surface area contributed by atoms with Gasteiger partial charge in [0, 0.05) is 25.4 Å². The van der Waals surface area contributed by atoms with Gasteiger partial charge >= 0.3 is 0 Å². The molecule has 1 heterocycles. The number of amides is 1. The molecule has 3 rings (SSSR count). The van der Waals surface area contributed by atoms with Gasteiger partial charge in [0.05, 0.1) is 11.0 Å². The summed E-state index contributed by atoms with van der Waals surface area (Å²) in [5.74, 6) is 1.61. The fraction of sp³-hybridized carbons (Fsp3) is 0.765. The van der Waals surface area contributed by atoms with Crippen molar-refractivity contribution in [2.24, 2.45) is 5.92 Å². The van der Waals surface area contributed by atoms with Crippen LogP contribution in [-0.2, 0) is 17.8 Å². The molecule has 1 aromatic heterocycles. The van der Waals surface area contributed by atoms with E-state index in [9.17, 15) is 4.79 Å². The van der Waals surface area contributed by atoms with E-state index in [2.05, 4.69) is 41.1 Å². The summed E-state index contributed by atoms with van der Waals surface area (Å²) >= 11 is 0. The van der Waals surface area contributed by atoms with Gasteiger partial charge in [-0.1, -0.05) is 135 Å². The Hall–Kier alpha value is -1.84. The number of unbranched alkanes of at least 4 members (excludes halogenated alkanes) is 15. The Kier molecular flexibility index (Phi) is 15.6. The van der Waals surface area contributed by atoms with Gasteiger partial charge in [-0.2, -0.15) is 0 Å². The summed E-state index contributed by atoms with van der Waals surface area (Å²) in [6.45, 7) is 4.02.